The van der Waals surface area contributed by atoms with Gasteiger partial charge in [-0.1, -0.05) is 18.2 Å². The number of nitrogens with zero attached hydrogens (tertiary/aromatic N) is 1. The van der Waals surface area contributed by atoms with Crippen molar-refractivity contribution in [1.82, 2.24) is 9.97 Å². The van der Waals surface area contributed by atoms with Gasteiger partial charge < -0.3 is 10.7 Å². The summed E-state index contributed by atoms with van der Waals surface area (Å²) in [6.07, 6.45) is 0. The fourth-order valence-electron chi connectivity index (χ4n) is 1.96. The monoisotopic (exact) mass is 241 g/mol. The summed E-state index contributed by atoms with van der Waals surface area (Å²) in [6.45, 7) is 0.476. The predicted molar refractivity (Wildman–Crippen MR) is 69.4 cm³/mol. The maximum absolute atomic E-state index is 13.7. The highest BCUT2D eigenvalue weighted by Crippen LogP contribution is 2.23. The van der Waals surface area contributed by atoms with Crippen molar-refractivity contribution < 1.29 is 4.39 Å². The Labute approximate surface area is 103 Å². The Kier molecular flexibility index (Phi) is 2.57. The second kappa shape index (κ2) is 4.23. The molecule has 3 N–H and O–H groups in total. The molecule has 0 amide bonds. The van der Waals surface area contributed by atoms with Gasteiger partial charge in [-0.2, -0.15) is 0 Å². The van der Waals surface area contributed by atoms with Crippen molar-refractivity contribution in [2.45, 2.75) is 6.54 Å². The summed E-state index contributed by atoms with van der Waals surface area (Å²) in [7, 11) is 0. The van der Waals surface area contributed by atoms with E-state index in [0.717, 1.165) is 16.6 Å². The Balaban J connectivity index is 2.17. The second-order valence-corrected chi connectivity index (χ2v) is 4.12. The van der Waals surface area contributed by atoms with Gasteiger partial charge in [0.1, 0.15) is 11.6 Å². The summed E-state index contributed by atoms with van der Waals surface area (Å²) in [5.41, 5.74) is 8.77. The molecule has 0 atom stereocenters. The number of hydrogen-bond donors (Lipinski definition) is 2. The molecule has 4 heteroatoms. The molecule has 0 aliphatic carbocycles. The number of aromatic amines is 1. The molecule has 2 aromatic carbocycles. The number of rotatable bonds is 2. The second-order valence-electron chi connectivity index (χ2n) is 4.12. The Bertz CT molecular complexity index is 703. The van der Waals surface area contributed by atoms with Crippen LogP contribution in [0.3, 0.4) is 0 Å². The van der Waals surface area contributed by atoms with E-state index in [4.69, 9.17) is 5.73 Å². The van der Waals surface area contributed by atoms with E-state index in [-0.39, 0.29) is 5.82 Å². The smallest absolute Gasteiger partial charge is 0.141 e. The van der Waals surface area contributed by atoms with E-state index in [9.17, 15) is 4.39 Å². The first-order valence-electron chi connectivity index (χ1n) is 5.71. The van der Waals surface area contributed by atoms with Gasteiger partial charge >= 0.3 is 0 Å². The van der Waals surface area contributed by atoms with Gasteiger partial charge in [0.25, 0.3) is 0 Å². The maximum atomic E-state index is 13.7. The zero-order valence-corrected chi connectivity index (χ0v) is 9.65. The van der Waals surface area contributed by atoms with Crippen LogP contribution in [-0.2, 0) is 6.54 Å². The Morgan fingerprint density at radius 1 is 1.17 bits per heavy atom. The largest absolute Gasteiger partial charge is 0.338 e. The Hall–Kier alpha value is -2.20. The molecule has 0 saturated heterocycles. The first kappa shape index (κ1) is 10.9. The summed E-state index contributed by atoms with van der Waals surface area (Å²) in [4.78, 5) is 7.50. The van der Waals surface area contributed by atoms with Crippen LogP contribution in [0.15, 0.2) is 42.5 Å². The van der Waals surface area contributed by atoms with E-state index in [1.165, 1.54) is 6.07 Å². The molecular formula is C14H12FN3. The van der Waals surface area contributed by atoms with Gasteiger partial charge in [-0.15, -0.1) is 0 Å². The van der Waals surface area contributed by atoms with E-state index in [1.807, 2.05) is 18.2 Å². The molecule has 0 spiro atoms. The lowest BCUT2D eigenvalue weighted by atomic mass is 10.2. The fraction of sp³-hybridized carbons (Fsp3) is 0.0714. The van der Waals surface area contributed by atoms with Crippen molar-refractivity contribution in [3.05, 3.63) is 53.8 Å². The lowest BCUT2D eigenvalue weighted by Crippen LogP contribution is -1.95. The third kappa shape index (κ3) is 1.76. The molecule has 3 nitrogen and oxygen atoms in total. The highest BCUT2D eigenvalue weighted by atomic mass is 19.1. The fourth-order valence-corrected chi connectivity index (χ4v) is 1.96. The predicted octanol–water partition coefficient (Wildman–Crippen LogP) is 2.83. The number of imidazole rings is 1. The van der Waals surface area contributed by atoms with E-state index < -0.39 is 0 Å². The van der Waals surface area contributed by atoms with Crippen LogP contribution >= 0.6 is 0 Å². The molecular weight excluding hydrogens is 229 g/mol. The van der Waals surface area contributed by atoms with Gasteiger partial charge in [-0.3, -0.25) is 0 Å². The molecule has 1 heterocycles. The number of benzene rings is 2. The number of halogens is 1. The van der Waals surface area contributed by atoms with Crippen LogP contribution in [0, 0.1) is 5.82 Å². The van der Waals surface area contributed by atoms with E-state index in [2.05, 4.69) is 9.97 Å². The molecule has 3 aromatic rings. The quantitative estimate of drug-likeness (QED) is 0.724. The molecule has 1 aromatic heterocycles. The molecule has 90 valence electrons. The SMILES string of the molecule is NCc1ccc2nc(-c3ccccc3F)[nH]c2c1. The minimum atomic E-state index is -0.282. The summed E-state index contributed by atoms with van der Waals surface area (Å²) in [6, 6.07) is 12.3. The van der Waals surface area contributed by atoms with Gasteiger partial charge in [0.05, 0.1) is 16.6 Å². The average Bonchev–Trinajstić information content (AvgIpc) is 2.81. The van der Waals surface area contributed by atoms with Gasteiger partial charge in [-0.25, -0.2) is 9.37 Å². The van der Waals surface area contributed by atoms with Crippen molar-refractivity contribution in [3.8, 4) is 11.4 Å². The van der Waals surface area contributed by atoms with Crippen LogP contribution in [0.25, 0.3) is 22.4 Å². The van der Waals surface area contributed by atoms with E-state index >= 15 is 0 Å². The van der Waals surface area contributed by atoms with Crippen LogP contribution in [0.5, 0.6) is 0 Å². The number of hydrogen-bond acceptors (Lipinski definition) is 2. The number of aromatic nitrogens is 2. The molecule has 0 radical (unpaired) electrons. The van der Waals surface area contributed by atoms with Gasteiger partial charge in [0.2, 0.25) is 0 Å². The summed E-state index contributed by atoms with van der Waals surface area (Å²) in [5, 5.41) is 0. The van der Waals surface area contributed by atoms with Crippen LogP contribution in [0.1, 0.15) is 5.56 Å². The Morgan fingerprint density at radius 2 is 2.00 bits per heavy atom. The molecule has 0 saturated carbocycles. The normalized spacial score (nSPS) is 11.0. The van der Waals surface area contributed by atoms with E-state index in [1.54, 1.807) is 18.2 Å². The van der Waals surface area contributed by atoms with Gasteiger partial charge in [0, 0.05) is 6.54 Å². The molecule has 0 aliphatic rings. The van der Waals surface area contributed by atoms with Gasteiger partial charge in [-0.05, 0) is 29.8 Å². The molecule has 0 bridgehead atoms. The molecule has 0 unspecified atom stereocenters. The van der Waals surface area contributed by atoms with Crippen LogP contribution in [-0.4, -0.2) is 9.97 Å². The zero-order valence-electron chi connectivity index (χ0n) is 9.65. The Morgan fingerprint density at radius 3 is 2.78 bits per heavy atom. The van der Waals surface area contributed by atoms with Crippen LogP contribution in [0.4, 0.5) is 4.39 Å². The highest BCUT2D eigenvalue weighted by molar-refractivity contribution is 5.80. The number of nitrogens with two attached hydrogens (primary N) is 1. The van der Waals surface area contributed by atoms with Gasteiger partial charge in [0.15, 0.2) is 0 Å². The number of nitrogens with one attached hydrogen (secondary N) is 1. The highest BCUT2D eigenvalue weighted by Gasteiger charge is 2.09. The molecule has 18 heavy (non-hydrogen) atoms. The first-order chi connectivity index (χ1) is 8.78. The maximum Gasteiger partial charge on any atom is 0.141 e. The minimum absolute atomic E-state index is 0.282. The standard InChI is InChI=1S/C14H12FN3/c15-11-4-2-1-3-10(11)14-17-12-6-5-9(8-16)7-13(12)18-14/h1-7H,8,16H2,(H,17,18). The van der Waals surface area contributed by atoms with Crippen molar-refractivity contribution in [3.63, 3.8) is 0 Å². The molecule has 0 fully saturated rings. The van der Waals surface area contributed by atoms with Crippen molar-refractivity contribution >= 4 is 11.0 Å². The lowest BCUT2D eigenvalue weighted by molar-refractivity contribution is 0.630. The van der Waals surface area contributed by atoms with Crippen LogP contribution < -0.4 is 5.73 Å². The van der Waals surface area contributed by atoms with Crippen LogP contribution in [0.2, 0.25) is 0 Å². The zero-order chi connectivity index (χ0) is 12.5. The first-order valence-corrected chi connectivity index (χ1v) is 5.71. The number of H-pyrrole nitrogens is 1. The summed E-state index contributed by atoms with van der Waals surface area (Å²) in [5.74, 6) is 0.257. The van der Waals surface area contributed by atoms with Crippen molar-refractivity contribution in [2.24, 2.45) is 5.73 Å². The van der Waals surface area contributed by atoms with Crippen molar-refractivity contribution in [2.75, 3.05) is 0 Å². The van der Waals surface area contributed by atoms with Crippen molar-refractivity contribution in [1.29, 1.82) is 0 Å². The summed E-state index contributed by atoms with van der Waals surface area (Å²) < 4.78 is 13.7. The molecule has 3 rings (SSSR count). The third-order valence-corrected chi connectivity index (χ3v) is 2.91. The number of fused-ring (bicyclic) bond motifs is 1. The lowest BCUT2D eigenvalue weighted by Gasteiger charge is -1.97. The average molecular weight is 241 g/mol. The topological polar surface area (TPSA) is 54.7 Å². The minimum Gasteiger partial charge on any atom is -0.338 e. The van der Waals surface area contributed by atoms with E-state index in [0.29, 0.717) is 17.9 Å². The third-order valence-electron chi connectivity index (χ3n) is 2.91. The summed E-state index contributed by atoms with van der Waals surface area (Å²) >= 11 is 0. The molecule has 0 aliphatic heterocycles.